The fourth-order valence-electron chi connectivity index (χ4n) is 4.36. The highest BCUT2D eigenvalue weighted by molar-refractivity contribution is 5.98. The topological polar surface area (TPSA) is 129 Å². The van der Waals surface area contributed by atoms with Crippen LogP contribution in [0.3, 0.4) is 0 Å². The summed E-state index contributed by atoms with van der Waals surface area (Å²) in [5, 5.41) is 25.5. The van der Waals surface area contributed by atoms with Crippen molar-refractivity contribution in [3.63, 3.8) is 0 Å². The van der Waals surface area contributed by atoms with Gasteiger partial charge in [0.15, 0.2) is 5.75 Å². The molecule has 3 aromatic rings. The van der Waals surface area contributed by atoms with Crippen LogP contribution in [0.1, 0.15) is 49.4 Å². The van der Waals surface area contributed by atoms with Gasteiger partial charge in [0.2, 0.25) is 5.43 Å². The summed E-state index contributed by atoms with van der Waals surface area (Å²) in [6.45, 7) is 4.15. The summed E-state index contributed by atoms with van der Waals surface area (Å²) in [4.78, 5) is 41.6. The quantitative estimate of drug-likeness (QED) is 0.259. The van der Waals surface area contributed by atoms with Gasteiger partial charge in [-0.3, -0.25) is 19.7 Å². The molecule has 0 bridgehead atoms. The van der Waals surface area contributed by atoms with E-state index in [0.29, 0.717) is 28.9 Å². The number of hydrogen-bond acceptors (Lipinski definition) is 6. The molecule has 0 aliphatic carbocycles. The Kier molecular flexibility index (Phi) is 6.81. The molecule has 178 valence electrons. The van der Waals surface area contributed by atoms with E-state index in [2.05, 4.69) is 17.2 Å². The minimum Gasteiger partial charge on any atom is -0.503 e. The van der Waals surface area contributed by atoms with Gasteiger partial charge in [-0.15, -0.1) is 0 Å². The van der Waals surface area contributed by atoms with Crippen LogP contribution in [0.4, 0.5) is 11.4 Å². The summed E-state index contributed by atoms with van der Waals surface area (Å²) < 4.78 is 0. The number of nitrogens with one attached hydrogen (secondary N) is 2. The fourth-order valence-corrected chi connectivity index (χ4v) is 4.36. The Labute approximate surface area is 196 Å². The number of fused-ring (bicyclic) bond motifs is 1. The van der Waals surface area contributed by atoms with Gasteiger partial charge in [0, 0.05) is 42.2 Å². The second kappa shape index (κ2) is 9.94. The maximum atomic E-state index is 12.8. The number of anilines is 1. The van der Waals surface area contributed by atoms with Crippen LogP contribution in [0.25, 0.3) is 22.2 Å². The first kappa shape index (κ1) is 23.3. The van der Waals surface area contributed by atoms with Crippen molar-refractivity contribution < 1.29 is 14.8 Å². The zero-order valence-corrected chi connectivity index (χ0v) is 19.1. The van der Waals surface area contributed by atoms with Crippen LogP contribution in [0, 0.1) is 10.1 Å². The minimum atomic E-state index is -0.607. The summed E-state index contributed by atoms with van der Waals surface area (Å²) in [7, 11) is 0. The molecule has 1 aliphatic rings. The lowest BCUT2D eigenvalue weighted by Crippen LogP contribution is -2.24. The van der Waals surface area contributed by atoms with Crippen LogP contribution in [0.5, 0.6) is 5.75 Å². The Bertz CT molecular complexity index is 1290. The molecule has 2 heterocycles. The Balaban J connectivity index is 1.73. The van der Waals surface area contributed by atoms with Gasteiger partial charge in [0.25, 0.3) is 11.6 Å². The number of nitro benzene ring substituents is 1. The smallest absolute Gasteiger partial charge is 0.293 e. The second-order valence-electron chi connectivity index (χ2n) is 8.56. The normalized spacial score (nSPS) is 13.4. The summed E-state index contributed by atoms with van der Waals surface area (Å²) in [5.41, 5.74) is 0.979. The molecule has 0 atom stereocenters. The number of aromatic amines is 1. The van der Waals surface area contributed by atoms with Crippen molar-refractivity contribution in [2.75, 3.05) is 24.5 Å². The molecule has 1 fully saturated rings. The predicted molar refractivity (Wildman–Crippen MR) is 132 cm³/mol. The maximum Gasteiger partial charge on any atom is 0.293 e. The van der Waals surface area contributed by atoms with Gasteiger partial charge in [0.1, 0.15) is 5.69 Å². The van der Waals surface area contributed by atoms with Gasteiger partial charge >= 0.3 is 0 Å². The third kappa shape index (κ3) is 4.59. The summed E-state index contributed by atoms with van der Waals surface area (Å²) in [5.74, 6) is -0.772. The molecule has 1 saturated heterocycles. The molecule has 0 spiro atoms. The first-order valence-corrected chi connectivity index (χ1v) is 11.6. The summed E-state index contributed by atoms with van der Waals surface area (Å²) in [6, 6.07) is 9.28. The number of hydrogen-bond donors (Lipinski definition) is 3. The van der Waals surface area contributed by atoms with E-state index in [1.165, 1.54) is 12.1 Å². The van der Waals surface area contributed by atoms with Gasteiger partial charge in [-0.1, -0.05) is 25.8 Å². The molecule has 1 aliphatic heterocycles. The summed E-state index contributed by atoms with van der Waals surface area (Å²) in [6.07, 6.45) is 4.92. The highest BCUT2D eigenvalue weighted by Gasteiger charge is 2.24. The van der Waals surface area contributed by atoms with Gasteiger partial charge in [-0.25, -0.2) is 0 Å². The van der Waals surface area contributed by atoms with Crippen molar-refractivity contribution in [2.24, 2.45) is 0 Å². The van der Waals surface area contributed by atoms with Crippen molar-refractivity contribution in [1.29, 1.82) is 0 Å². The Morgan fingerprint density at radius 1 is 1.18 bits per heavy atom. The van der Waals surface area contributed by atoms with E-state index < -0.39 is 16.1 Å². The molecule has 0 saturated carbocycles. The monoisotopic (exact) mass is 464 g/mol. The molecule has 1 amide bonds. The van der Waals surface area contributed by atoms with Crippen LogP contribution >= 0.6 is 0 Å². The number of rotatable bonds is 8. The van der Waals surface area contributed by atoms with Crippen molar-refractivity contribution in [1.82, 2.24) is 10.3 Å². The summed E-state index contributed by atoms with van der Waals surface area (Å²) >= 11 is 0. The molecule has 34 heavy (non-hydrogen) atoms. The number of aromatic nitrogens is 1. The van der Waals surface area contributed by atoms with E-state index in [1.54, 1.807) is 24.3 Å². The van der Waals surface area contributed by atoms with E-state index in [9.17, 15) is 24.8 Å². The zero-order valence-electron chi connectivity index (χ0n) is 19.1. The molecule has 4 rings (SSSR count). The van der Waals surface area contributed by atoms with Crippen LogP contribution in [-0.2, 0) is 0 Å². The number of carbonyl (C=O) groups is 1. The number of benzene rings is 2. The number of pyridine rings is 1. The van der Waals surface area contributed by atoms with Crippen LogP contribution in [-0.4, -0.2) is 40.6 Å². The van der Waals surface area contributed by atoms with E-state index in [-0.39, 0.29) is 22.7 Å². The Morgan fingerprint density at radius 3 is 2.65 bits per heavy atom. The van der Waals surface area contributed by atoms with Crippen LogP contribution < -0.4 is 15.6 Å². The molecule has 2 aromatic carbocycles. The molecule has 0 unspecified atom stereocenters. The number of H-pyrrole nitrogens is 1. The molecular weight excluding hydrogens is 436 g/mol. The third-order valence-corrected chi connectivity index (χ3v) is 6.21. The van der Waals surface area contributed by atoms with Gasteiger partial charge in [0.05, 0.1) is 16.1 Å². The van der Waals surface area contributed by atoms with Gasteiger partial charge in [-0.05, 0) is 43.5 Å². The SMILES string of the molecule is CCCCCNC(=O)c1ccc2c(=O)c(O)c(-c3ccc(N4CCCC4)c([N+](=O)[O-])c3)[nH]c2c1. The average molecular weight is 465 g/mol. The lowest BCUT2D eigenvalue weighted by Gasteiger charge is -2.18. The second-order valence-corrected chi connectivity index (χ2v) is 8.56. The fraction of sp³-hybridized carbons (Fsp3) is 0.360. The van der Waals surface area contributed by atoms with Crippen molar-refractivity contribution in [2.45, 2.75) is 39.0 Å². The van der Waals surface area contributed by atoms with Gasteiger partial charge < -0.3 is 20.3 Å². The first-order chi connectivity index (χ1) is 16.4. The standard InChI is InChI=1S/C25H28N4O5/c1-2-3-4-11-26-25(32)17-7-9-18-19(14-17)27-22(24(31)23(18)30)16-8-10-20(21(15-16)29(33)34)28-12-5-6-13-28/h7-10,14-15,31H,2-6,11-13H2,1H3,(H,26,32)(H,27,30). The van der Waals surface area contributed by atoms with Crippen molar-refractivity contribution in [3.05, 3.63) is 62.3 Å². The van der Waals surface area contributed by atoms with Crippen molar-refractivity contribution >= 4 is 28.2 Å². The number of nitro groups is 1. The van der Waals surface area contributed by atoms with Gasteiger partial charge in [-0.2, -0.15) is 0 Å². The molecule has 1 aromatic heterocycles. The van der Waals surface area contributed by atoms with E-state index in [4.69, 9.17) is 0 Å². The lowest BCUT2D eigenvalue weighted by molar-refractivity contribution is -0.384. The Hall–Kier alpha value is -3.88. The highest BCUT2D eigenvalue weighted by Crippen LogP contribution is 2.36. The number of carbonyl (C=O) groups excluding carboxylic acids is 1. The van der Waals surface area contributed by atoms with Crippen LogP contribution in [0.15, 0.2) is 41.2 Å². The zero-order chi connectivity index (χ0) is 24.2. The number of nitrogens with zero attached hydrogens (tertiary/aromatic N) is 2. The molecule has 3 N–H and O–H groups in total. The lowest BCUT2D eigenvalue weighted by atomic mass is 10.0. The first-order valence-electron chi connectivity index (χ1n) is 11.6. The maximum absolute atomic E-state index is 12.8. The van der Waals surface area contributed by atoms with E-state index in [1.807, 2.05) is 4.90 Å². The number of amides is 1. The molecule has 9 heteroatoms. The minimum absolute atomic E-state index is 0.0778. The number of aromatic hydroxyl groups is 1. The van der Waals surface area contributed by atoms with Crippen molar-refractivity contribution in [3.8, 4) is 17.0 Å². The van der Waals surface area contributed by atoms with E-state index >= 15 is 0 Å². The molecule has 9 nitrogen and oxygen atoms in total. The molecular formula is C25H28N4O5. The Morgan fingerprint density at radius 2 is 1.94 bits per heavy atom. The van der Waals surface area contributed by atoms with Crippen LogP contribution in [0.2, 0.25) is 0 Å². The highest BCUT2D eigenvalue weighted by atomic mass is 16.6. The predicted octanol–water partition coefficient (Wildman–Crippen LogP) is 4.33. The van der Waals surface area contributed by atoms with E-state index in [0.717, 1.165) is 45.2 Å². The third-order valence-electron chi connectivity index (χ3n) is 6.21. The molecule has 0 radical (unpaired) electrons. The number of unbranched alkanes of at least 4 members (excludes halogenated alkanes) is 2. The average Bonchev–Trinajstić information content (AvgIpc) is 3.38. The largest absolute Gasteiger partial charge is 0.503 e.